The van der Waals surface area contributed by atoms with Gasteiger partial charge in [0.05, 0.1) is 15.9 Å². The summed E-state index contributed by atoms with van der Waals surface area (Å²) in [7, 11) is -3.67. The Morgan fingerprint density at radius 1 is 1.29 bits per heavy atom. The average Bonchev–Trinajstić information content (AvgIpc) is 3.26. The Bertz CT molecular complexity index is 710. The third-order valence-electron chi connectivity index (χ3n) is 4.41. The molecule has 2 saturated heterocycles. The zero-order chi connectivity index (χ0) is 17.2. The maximum absolute atomic E-state index is 12.6. The van der Waals surface area contributed by atoms with E-state index in [9.17, 15) is 18.5 Å². The van der Waals surface area contributed by atoms with Gasteiger partial charge in [-0.3, -0.25) is 10.1 Å². The number of hydrogen-bond acceptors (Lipinski definition) is 6. The molecular formula is C15H21N3O5S. The van der Waals surface area contributed by atoms with E-state index in [0.717, 1.165) is 31.7 Å². The number of benzene rings is 1. The fourth-order valence-corrected chi connectivity index (χ4v) is 4.62. The Hall–Kier alpha value is -1.71. The monoisotopic (exact) mass is 355 g/mol. The molecule has 8 nitrogen and oxygen atoms in total. The summed E-state index contributed by atoms with van der Waals surface area (Å²) in [6.45, 7) is 2.12. The second-order valence-corrected chi connectivity index (χ2v) is 8.00. The first-order chi connectivity index (χ1) is 11.5. The summed E-state index contributed by atoms with van der Waals surface area (Å²) in [6.07, 6.45) is 3.59. The molecule has 0 amide bonds. The van der Waals surface area contributed by atoms with Crippen molar-refractivity contribution in [3.05, 3.63) is 28.3 Å². The molecule has 24 heavy (non-hydrogen) atoms. The molecule has 1 aromatic rings. The van der Waals surface area contributed by atoms with E-state index in [1.54, 1.807) is 0 Å². The SMILES string of the molecule is O=[N+]([O-])c1cc(S(=O)(=O)N2CCCC2)ccc1NC[C@H]1CCCO1. The molecule has 0 unspecified atom stereocenters. The summed E-state index contributed by atoms with van der Waals surface area (Å²) in [5, 5.41) is 14.4. The number of nitrogens with zero attached hydrogens (tertiary/aromatic N) is 2. The first-order valence-electron chi connectivity index (χ1n) is 8.12. The van der Waals surface area contributed by atoms with Crippen LogP contribution in [0.5, 0.6) is 0 Å². The maximum atomic E-state index is 12.6. The van der Waals surface area contributed by atoms with Crippen LogP contribution in [0.1, 0.15) is 25.7 Å². The van der Waals surface area contributed by atoms with E-state index in [1.165, 1.54) is 16.4 Å². The van der Waals surface area contributed by atoms with Gasteiger partial charge in [-0.2, -0.15) is 4.31 Å². The molecule has 0 saturated carbocycles. The highest BCUT2D eigenvalue weighted by Crippen LogP contribution is 2.30. The van der Waals surface area contributed by atoms with Gasteiger partial charge >= 0.3 is 0 Å². The lowest BCUT2D eigenvalue weighted by Gasteiger charge is -2.16. The minimum atomic E-state index is -3.67. The van der Waals surface area contributed by atoms with Gasteiger partial charge in [0.1, 0.15) is 5.69 Å². The van der Waals surface area contributed by atoms with E-state index >= 15 is 0 Å². The first-order valence-corrected chi connectivity index (χ1v) is 9.56. The van der Waals surface area contributed by atoms with Gasteiger partial charge in [-0.15, -0.1) is 0 Å². The molecular weight excluding hydrogens is 334 g/mol. The van der Waals surface area contributed by atoms with Gasteiger partial charge in [-0.1, -0.05) is 0 Å². The molecule has 0 aliphatic carbocycles. The van der Waals surface area contributed by atoms with Gasteiger partial charge in [0.15, 0.2) is 0 Å². The second kappa shape index (κ2) is 7.04. The van der Waals surface area contributed by atoms with Gasteiger partial charge in [-0.05, 0) is 37.8 Å². The number of nitro benzene ring substituents is 1. The third kappa shape index (κ3) is 3.52. The van der Waals surface area contributed by atoms with Gasteiger partial charge in [0, 0.05) is 32.3 Å². The molecule has 2 heterocycles. The number of nitro groups is 1. The van der Waals surface area contributed by atoms with Crippen molar-refractivity contribution in [1.82, 2.24) is 4.31 Å². The summed E-state index contributed by atoms with van der Waals surface area (Å²) in [4.78, 5) is 10.8. The molecule has 1 atom stereocenters. The van der Waals surface area contributed by atoms with E-state index in [0.29, 0.717) is 31.9 Å². The fraction of sp³-hybridized carbons (Fsp3) is 0.600. The maximum Gasteiger partial charge on any atom is 0.293 e. The topological polar surface area (TPSA) is 102 Å². The quantitative estimate of drug-likeness (QED) is 0.618. The van der Waals surface area contributed by atoms with Gasteiger partial charge < -0.3 is 10.1 Å². The predicted octanol–water partition coefficient (Wildman–Crippen LogP) is 1.97. The van der Waals surface area contributed by atoms with Crippen LogP contribution < -0.4 is 5.32 Å². The Morgan fingerprint density at radius 3 is 2.67 bits per heavy atom. The first kappa shape index (κ1) is 17.1. The summed E-state index contributed by atoms with van der Waals surface area (Å²) < 4.78 is 32.0. The van der Waals surface area contributed by atoms with Crippen LogP contribution in [-0.2, 0) is 14.8 Å². The smallest absolute Gasteiger partial charge is 0.293 e. The van der Waals surface area contributed by atoms with Crippen LogP contribution in [0.15, 0.2) is 23.1 Å². The zero-order valence-electron chi connectivity index (χ0n) is 13.3. The van der Waals surface area contributed by atoms with Crippen molar-refractivity contribution in [1.29, 1.82) is 0 Å². The normalized spacial score (nSPS) is 21.9. The lowest BCUT2D eigenvalue weighted by Crippen LogP contribution is -2.28. The third-order valence-corrected chi connectivity index (χ3v) is 6.31. The van der Waals surface area contributed by atoms with Crippen molar-refractivity contribution in [3.63, 3.8) is 0 Å². The Balaban J connectivity index is 1.82. The Labute approximate surface area is 141 Å². The number of nitrogens with one attached hydrogen (secondary N) is 1. The lowest BCUT2D eigenvalue weighted by atomic mass is 10.2. The summed E-state index contributed by atoms with van der Waals surface area (Å²) in [5.74, 6) is 0. The average molecular weight is 355 g/mol. The molecule has 9 heteroatoms. The summed E-state index contributed by atoms with van der Waals surface area (Å²) >= 11 is 0. The van der Waals surface area contributed by atoms with Gasteiger partial charge in [-0.25, -0.2) is 8.42 Å². The van der Waals surface area contributed by atoms with Gasteiger partial charge in [0.2, 0.25) is 10.0 Å². The number of sulfonamides is 1. The second-order valence-electron chi connectivity index (χ2n) is 6.06. The van der Waals surface area contributed by atoms with Gasteiger partial charge in [0.25, 0.3) is 5.69 Å². The molecule has 0 radical (unpaired) electrons. The van der Waals surface area contributed by atoms with E-state index in [2.05, 4.69) is 5.32 Å². The molecule has 2 aliphatic heterocycles. The van der Waals surface area contributed by atoms with Crippen molar-refractivity contribution >= 4 is 21.4 Å². The van der Waals surface area contributed by atoms with Crippen LogP contribution in [0.2, 0.25) is 0 Å². The largest absolute Gasteiger partial charge is 0.377 e. The van der Waals surface area contributed by atoms with Crippen LogP contribution in [0.3, 0.4) is 0 Å². The van der Waals surface area contributed by atoms with Crippen molar-refractivity contribution in [2.75, 3.05) is 31.6 Å². The Morgan fingerprint density at radius 2 is 2.04 bits per heavy atom. The van der Waals surface area contributed by atoms with Crippen molar-refractivity contribution in [3.8, 4) is 0 Å². The predicted molar refractivity (Wildman–Crippen MR) is 88.6 cm³/mol. The highest BCUT2D eigenvalue weighted by Gasteiger charge is 2.29. The molecule has 3 rings (SSSR count). The molecule has 0 spiro atoms. The summed E-state index contributed by atoms with van der Waals surface area (Å²) in [6, 6.07) is 4.04. The fourth-order valence-electron chi connectivity index (χ4n) is 3.08. The number of rotatable bonds is 6. The van der Waals surface area contributed by atoms with Crippen LogP contribution in [-0.4, -0.2) is 50.0 Å². The molecule has 0 aromatic heterocycles. The zero-order valence-corrected chi connectivity index (χ0v) is 14.1. The molecule has 1 N–H and O–H groups in total. The van der Waals surface area contributed by atoms with Crippen LogP contribution in [0.25, 0.3) is 0 Å². The van der Waals surface area contributed by atoms with Crippen molar-refractivity contribution in [2.24, 2.45) is 0 Å². The Kier molecular flexibility index (Phi) is 5.02. The van der Waals surface area contributed by atoms with Crippen LogP contribution in [0, 0.1) is 10.1 Å². The minimum Gasteiger partial charge on any atom is -0.377 e. The van der Waals surface area contributed by atoms with Crippen LogP contribution >= 0.6 is 0 Å². The standard InChI is InChI=1S/C15H21N3O5S/c19-18(20)15-10-13(24(21,22)17-7-1-2-8-17)5-6-14(15)16-11-12-4-3-9-23-12/h5-6,10,12,16H,1-4,7-9,11H2/t12-/m1/s1. The van der Waals surface area contributed by atoms with Crippen molar-refractivity contribution in [2.45, 2.75) is 36.7 Å². The van der Waals surface area contributed by atoms with E-state index in [1.807, 2.05) is 0 Å². The lowest BCUT2D eigenvalue weighted by molar-refractivity contribution is -0.384. The number of hydrogen-bond donors (Lipinski definition) is 1. The molecule has 2 aliphatic rings. The molecule has 132 valence electrons. The van der Waals surface area contributed by atoms with E-state index in [-0.39, 0.29) is 16.7 Å². The van der Waals surface area contributed by atoms with E-state index in [4.69, 9.17) is 4.74 Å². The van der Waals surface area contributed by atoms with Crippen LogP contribution in [0.4, 0.5) is 11.4 Å². The van der Waals surface area contributed by atoms with Crippen molar-refractivity contribution < 1.29 is 18.1 Å². The minimum absolute atomic E-state index is 0.0289. The molecule has 0 bridgehead atoms. The molecule has 1 aromatic carbocycles. The number of ether oxygens (including phenoxy) is 1. The highest BCUT2D eigenvalue weighted by atomic mass is 32.2. The highest BCUT2D eigenvalue weighted by molar-refractivity contribution is 7.89. The molecule has 2 fully saturated rings. The summed E-state index contributed by atoms with van der Waals surface area (Å²) in [5.41, 5.74) is 0.0872. The van der Waals surface area contributed by atoms with E-state index < -0.39 is 14.9 Å². The number of anilines is 1.